The van der Waals surface area contributed by atoms with E-state index in [1.807, 2.05) is 6.07 Å². The van der Waals surface area contributed by atoms with E-state index in [2.05, 4.69) is 16.4 Å². The number of hydrogen-bond donors (Lipinski definition) is 4. The number of nitriles is 1. The van der Waals surface area contributed by atoms with E-state index >= 15 is 0 Å². The largest absolute Gasteiger partial charge is 0.507 e. The van der Waals surface area contributed by atoms with E-state index in [9.17, 15) is 23.5 Å². The van der Waals surface area contributed by atoms with Gasteiger partial charge in [-0.15, -0.1) is 0 Å². The number of phenols is 1. The maximum atomic E-state index is 10.7. The van der Waals surface area contributed by atoms with Gasteiger partial charge in [-0.05, 0) is 61.2 Å². The molecule has 2 aromatic carbocycles. The molecule has 1 unspecified atom stereocenters. The van der Waals surface area contributed by atoms with Crippen LogP contribution in [0.1, 0.15) is 35.4 Å². The Morgan fingerprint density at radius 1 is 1.23 bits per heavy atom. The topological polar surface area (TPSA) is 141 Å². The van der Waals surface area contributed by atoms with Crippen molar-refractivity contribution in [1.29, 1.82) is 5.26 Å². The van der Waals surface area contributed by atoms with Crippen LogP contribution >= 0.6 is 23.2 Å². The highest BCUT2D eigenvalue weighted by molar-refractivity contribution is 6.35. The fraction of sp³-hybridized carbons (Fsp3) is 0.269. The zero-order chi connectivity index (χ0) is 28.7. The second-order valence-corrected chi connectivity index (χ2v) is 9.27. The van der Waals surface area contributed by atoms with Crippen molar-refractivity contribution in [2.24, 2.45) is 0 Å². The van der Waals surface area contributed by atoms with Gasteiger partial charge in [0, 0.05) is 22.2 Å². The van der Waals surface area contributed by atoms with Crippen molar-refractivity contribution in [3.8, 4) is 28.8 Å². The van der Waals surface area contributed by atoms with Gasteiger partial charge < -0.3 is 26.0 Å². The number of ether oxygens (including phenoxy) is 1. The van der Waals surface area contributed by atoms with Crippen molar-refractivity contribution >= 4 is 35.0 Å². The first-order valence-electron chi connectivity index (χ1n) is 11.5. The Morgan fingerprint density at radius 2 is 1.87 bits per heavy atom. The summed E-state index contributed by atoms with van der Waals surface area (Å²) in [6.45, 7) is 1.82. The zero-order valence-corrected chi connectivity index (χ0v) is 21.7. The molecule has 8 nitrogen and oxygen atoms in total. The fourth-order valence-electron chi connectivity index (χ4n) is 3.99. The lowest BCUT2D eigenvalue weighted by Crippen LogP contribution is -2.29. The molecule has 0 amide bonds. The number of aromatic hydroxyl groups is 1. The number of benzene rings is 2. The first-order chi connectivity index (χ1) is 18.4. The lowest BCUT2D eigenvalue weighted by molar-refractivity contribution is -0.192. The van der Waals surface area contributed by atoms with Gasteiger partial charge in [0.1, 0.15) is 30.0 Å². The van der Waals surface area contributed by atoms with Crippen molar-refractivity contribution in [1.82, 2.24) is 10.3 Å². The zero-order valence-electron chi connectivity index (χ0n) is 20.2. The Kier molecular flexibility index (Phi) is 9.86. The van der Waals surface area contributed by atoms with Crippen LogP contribution in [-0.4, -0.2) is 40.4 Å². The highest BCUT2D eigenvalue weighted by atomic mass is 35.5. The number of phenolic OH excluding ortho intramolecular Hbond substituents is 1. The normalized spacial score (nSPS) is 15.0. The molecule has 0 radical (unpaired) electrons. The number of anilines is 1. The van der Waals surface area contributed by atoms with Gasteiger partial charge in [-0.1, -0.05) is 35.3 Å². The number of piperidine rings is 1. The van der Waals surface area contributed by atoms with Crippen LogP contribution in [0.5, 0.6) is 11.5 Å². The maximum absolute atomic E-state index is 10.7. The molecule has 13 heteroatoms. The summed E-state index contributed by atoms with van der Waals surface area (Å²) in [5.41, 5.74) is 8.86. The monoisotopic (exact) mass is 582 g/mol. The van der Waals surface area contributed by atoms with E-state index in [-0.39, 0.29) is 24.1 Å². The summed E-state index contributed by atoms with van der Waals surface area (Å²) in [6.07, 6.45) is -3.13. The third-order valence-electron chi connectivity index (χ3n) is 5.86. The molecule has 1 saturated heterocycles. The summed E-state index contributed by atoms with van der Waals surface area (Å²) in [5, 5.41) is 31.8. The van der Waals surface area contributed by atoms with Gasteiger partial charge in [0.05, 0.1) is 16.8 Å². The third-order valence-corrected chi connectivity index (χ3v) is 6.57. The lowest BCUT2D eigenvalue weighted by atomic mass is 9.88. The van der Waals surface area contributed by atoms with E-state index in [4.69, 9.17) is 43.6 Å². The predicted molar refractivity (Wildman–Crippen MR) is 140 cm³/mol. The number of aromatic nitrogens is 1. The highest BCUT2D eigenvalue weighted by Crippen LogP contribution is 2.40. The molecule has 3 aromatic rings. The van der Waals surface area contributed by atoms with E-state index < -0.39 is 12.1 Å². The summed E-state index contributed by atoms with van der Waals surface area (Å²) in [5.74, 6) is -2.08. The molecule has 0 bridgehead atoms. The molecule has 0 spiro atoms. The van der Waals surface area contributed by atoms with Crippen molar-refractivity contribution in [3.05, 3.63) is 69.2 Å². The summed E-state index contributed by atoms with van der Waals surface area (Å²) in [6, 6.07) is 14.2. The van der Waals surface area contributed by atoms with Gasteiger partial charge in [0.25, 0.3) is 0 Å². The van der Waals surface area contributed by atoms with E-state index in [0.29, 0.717) is 38.2 Å². The number of halogens is 5. The SMILES string of the molecule is N#Cc1c(C2CCCNC2)cc(-c2c(O)cccc2OCc2c(Cl)cccc2Cl)nc1N.O=C(O)C(F)(F)F. The molecule has 4 rings (SSSR count). The van der Waals surface area contributed by atoms with Crippen LogP contribution in [-0.2, 0) is 11.4 Å². The van der Waals surface area contributed by atoms with E-state index in [0.717, 1.165) is 31.5 Å². The van der Waals surface area contributed by atoms with Gasteiger partial charge in [0.15, 0.2) is 0 Å². The van der Waals surface area contributed by atoms with Gasteiger partial charge >= 0.3 is 12.1 Å². The number of alkyl halides is 3. The molecule has 1 fully saturated rings. The van der Waals surface area contributed by atoms with Crippen LogP contribution in [0.4, 0.5) is 19.0 Å². The fourth-order valence-corrected chi connectivity index (χ4v) is 4.50. The minimum Gasteiger partial charge on any atom is -0.507 e. The number of hydrogen-bond acceptors (Lipinski definition) is 7. The van der Waals surface area contributed by atoms with Crippen molar-refractivity contribution in [2.75, 3.05) is 18.8 Å². The molecule has 1 aliphatic rings. The van der Waals surface area contributed by atoms with Crippen LogP contribution in [0.2, 0.25) is 10.0 Å². The van der Waals surface area contributed by atoms with Crippen molar-refractivity contribution < 1.29 is 32.9 Å². The number of carbonyl (C=O) groups is 1. The Morgan fingerprint density at radius 3 is 2.44 bits per heavy atom. The number of carboxylic acids is 1. The van der Waals surface area contributed by atoms with Gasteiger partial charge in [-0.2, -0.15) is 18.4 Å². The Hall–Kier alpha value is -3.72. The molecule has 0 aliphatic carbocycles. The predicted octanol–water partition coefficient (Wildman–Crippen LogP) is 5.89. The average Bonchev–Trinajstić information content (AvgIpc) is 2.88. The van der Waals surface area contributed by atoms with Crippen LogP contribution in [0.25, 0.3) is 11.3 Å². The molecule has 0 saturated carbocycles. The number of nitrogens with one attached hydrogen (secondary N) is 1. The molecule has 1 atom stereocenters. The van der Waals surface area contributed by atoms with Gasteiger partial charge in [-0.25, -0.2) is 9.78 Å². The van der Waals surface area contributed by atoms with E-state index in [1.54, 1.807) is 36.4 Å². The van der Waals surface area contributed by atoms with Crippen molar-refractivity contribution in [3.63, 3.8) is 0 Å². The summed E-state index contributed by atoms with van der Waals surface area (Å²) in [7, 11) is 0. The summed E-state index contributed by atoms with van der Waals surface area (Å²) >= 11 is 12.5. The summed E-state index contributed by atoms with van der Waals surface area (Å²) in [4.78, 5) is 13.3. The number of nitrogen functional groups attached to an aromatic ring is 1. The van der Waals surface area contributed by atoms with Crippen LogP contribution in [0.3, 0.4) is 0 Å². The molecule has 1 aromatic heterocycles. The van der Waals surface area contributed by atoms with E-state index in [1.165, 1.54) is 0 Å². The van der Waals surface area contributed by atoms with Crippen LogP contribution in [0, 0.1) is 11.3 Å². The molecule has 1 aliphatic heterocycles. The molecular weight excluding hydrogens is 560 g/mol. The Balaban J connectivity index is 0.000000532. The minimum absolute atomic E-state index is 0.00270. The van der Waals surface area contributed by atoms with Crippen LogP contribution < -0.4 is 15.8 Å². The van der Waals surface area contributed by atoms with Gasteiger partial charge in [-0.3, -0.25) is 0 Å². The third kappa shape index (κ3) is 7.44. The minimum atomic E-state index is -5.08. The average molecular weight is 583 g/mol. The number of carboxylic acid groups (broad SMARTS) is 1. The smallest absolute Gasteiger partial charge is 0.490 e. The van der Waals surface area contributed by atoms with Gasteiger partial charge in [0.2, 0.25) is 0 Å². The number of pyridine rings is 1. The number of aliphatic carboxylic acids is 1. The number of nitrogens with zero attached hydrogens (tertiary/aromatic N) is 2. The number of nitrogens with two attached hydrogens (primary N) is 1. The number of rotatable bonds is 5. The molecular formula is C26H23Cl2F3N4O4. The maximum Gasteiger partial charge on any atom is 0.490 e. The second kappa shape index (κ2) is 12.9. The molecule has 5 N–H and O–H groups in total. The highest BCUT2D eigenvalue weighted by Gasteiger charge is 2.38. The van der Waals surface area contributed by atoms with Crippen LogP contribution in [0.15, 0.2) is 42.5 Å². The summed E-state index contributed by atoms with van der Waals surface area (Å²) < 4.78 is 37.8. The quantitative estimate of drug-likeness (QED) is 0.291. The lowest BCUT2D eigenvalue weighted by Gasteiger charge is -2.25. The first kappa shape index (κ1) is 29.8. The first-order valence-corrected chi connectivity index (χ1v) is 12.3. The molecule has 206 valence electrons. The van der Waals surface area contributed by atoms with Crippen molar-refractivity contribution in [2.45, 2.75) is 31.5 Å². The standard InChI is InChI=1S/C24H22Cl2N4O2.C2HF3O2/c25-18-5-1-6-19(26)17(18)13-32-22-8-2-7-21(31)23(22)20-10-15(14-4-3-9-29-12-14)16(11-27)24(28)30-20;3-2(4,5)1(6)7/h1-2,5-8,10,14,29,31H,3-4,9,12-13H2,(H2,28,30);(H,6,7). The Labute approximate surface area is 231 Å². The molecule has 2 heterocycles. The Bertz CT molecular complexity index is 1370. The second-order valence-electron chi connectivity index (χ2n) is 8.45. The molecule has 39 heavy (non-hydrogen) atoms.